The summed E-state index contributed by atoms with van der Waals surface area (Å²) in [7, 11) is 0. The zero-order chi connectivity index (χ0) is 14.7. The number of hydrogen-bond donors (Lipinski definition) is 2. The maximum Gasteiger partial charge on any atom is 0.337 e. The van der Waals surface area contributed by atoms with Crippen LogP contribution in [0.25, 0.3) is 0 Å². The second-order valence-corrected chi connectivity index (χ2v) is 3.82. The molecule has 2 N–H and O–H groups in total. The number of hydrogen-bond acceptors (Lipinski definition) is 3. The van der Waals surface area contributed by atoms with Crippen molar-refractivity contribution in [2.45, 2.75) is 0 Å². The Morgan fingerprint density at radius 3 is 2.40 bits per heavy atom. The monoisotopic (exact) mass is 278 g/mol. The average Bonchev–Trinajstić information content (AvgIpc) is 2.43. The summed E-state index contributed by atoms with van der Waals surface area (Å²) in [5.41, 5.74) is -0.0351. The Labute approximate surface area is 111 Å². The normalized spacial score (nSPS) is 10.1. The van der Waals surface area contributed by atoms with E-state index in [2.05, 4.69) is 10.3 Å². The second-order valence-electron chi connectivity index (χ2n) is 3.82. The highest BCUT2D eigenvalue weighted by molar-refractivity contribution is 6.03. The Morgan fingerprint density at radius 1 is 1.10 bits per heavy atom. The van der Waals surface area contributed by atoms with Gasteiger partial charge in [0.15, 0.2) is 11.6 Å². The Balaban J connectivity index is 2.15. The second kappa shape index (κ2) is 5.43. The van der Waals surface area contributed by atoms with Crippen molar-refractivity contribution in [3.05, 3.63) is 59.4 Å². The van der Waals surface area contributed by atoms with E-state index in [0.29, 0.717) is 0 Å². The van der Waals surface area contributed by atoms with Crippen molar-refractivity contribution in [1.29, 1.82) is 0 Å². The maximum absolute atomic E-state index is 13.0. The lowest BCUT2D eigenvalue weighted by atomic mass is 10.2. The van der Waals surface area contributed by atoms with E-state index < -0.39 is 23.5 Å². The highest BCUT2D eigenvalue weighted by Crippen LogP contribution is 2.14. The van der Waals surface area contributed by atoms with E-state index >= 15 is 0 Å². The van der Waals surface area contributed by atoms with E-state index in [1.165, 1.54) is 18.2 Å². The van der Waals surface area contributed by atoms with Gasteiger partial charge in [-0.3, -0.25) is 9.78 Å². The molecule has 0 aliphatic carbocycles. The number of aromatic carboxylic acids is 1. The van der Waals surface area contributed by atoms with E-state index in [0.717, 1.165) is 18.3 Å². The molecule has 1 aromatic heterocycles. The summed E-state index contributed by atoms with van der Waals surface area (Å²) in [6.45, 7) is 0. The first-order chi connectivity index (χ1) is 9.47. The van der Waals surface area contributed by atoms with Gasteiger partial charge < -0.3 is 10.4 Å². The third-order valence-corrected chi connectivity index (χ3v) is 2.42. The standard InChI is InChI=1S/C13H8F2N2O3/c14-9-3-2-8(5-10(9)15)17-12(18)11-4-1-7(6-16-11)13(19)20/h1-6H,(H,17,18)(H,19,20). The summed E-state index contributed by atoms with van der Waals surface area (Å²) in [5, 5.41) is 11.0. The number of nitrogens with one attached hydrogen (secondary N) is 1. The Morgan fingerprint density at radius 2 is 1.85 bits per heavy atom. The number of amides is 1. The maximum atomic E-state index is 13.0. The lowest BCUT2D eigenvalue weighted by Crippen LogP contribution is -2.14. The number of halogens is 2. The number of anilines is 1. The number of benzene rings is 1. The van der Waals surface area contributed by atoms with Gasteiger partial charge in [0.2, 0.25) is 0 Å². The highest BCUT2D eigenvalue weighted by atomic mass is 19.2. The van der Waals surface area contributed by atoms with Gasteiger partial charge in [-0.05, 0) is 24.3 Å². The van der Waals surface area contributed by atoms with Crippen molar-refractivity contribution >= 4 is 17.6 Å². The number of nitrogens with zero attached hydrogens (tertiary/aromatic N) is 1. The molecule has 0 spiro atoms. The van der Waals surface area contributed by atoms with Crippen LogP contribution in [0.15, 0.2) is 36.5 Å². The number of carbonyl (C=O) groups is 2. The number of aromatic nitrogens is 1. The molecule has 0 unspecified atom stereocenters. The third-order valence-electron chi connectivity index (χ3n) is 2.42. The minimum Gasteiger partial charge on any atom is -0.478 e. The minimum absolute atomic E-state index is 0.0419. The van der Waals surface area contributed by atoms with Crippen LogP contribution in [0.1, 0.15) is 20.8 Å². The number of carboxylic acid groups (broad SMARTS) is 1. The van der Waals surface area contributed by atoms with Crippen molar-refractivity contribution in [2.75, 3.05) is 5.32 Å². The Kier molecular flexibility index (Phi) is 3.69. The molecule has 0 fully saturated rings. The summed E-state index contributed by atoms with van der Waals surface area (Å²) in [4.78, 5) is 26.1. The molecule has 1 aromatic carbocycles. The smallest absolute Gasteiger partial charge is 0.337 e. The third kappa shape index (κ3) is 2.94. The zero-order valence-electron chi connectivity index (χ0n) is 9.93. The molecular weight excluding hydrogens is 270 g/mol. The van der Waals surface area contributed by atoms with E-state index in [9.17, 15) is 18.4 Å². The number of rotatable bonds is 3. The fourth-order valence-corrected chi connectivity index (χ4v) is 1.42. The first-order valence-corrected chi connectivity index (χ1v) is 5.43. The Hall–Kier alpha value is -2.83. The summed E-state index contributed by atoms with van der Waals surface area (Å²) in [6.07, 6.45) is 1.03. The molecule has 5 nitrogen and oxygen atoms in total. The SMILES string of the molecule is O=C(O)c1ccc(C(=O)Nc2ccc(F)c(F)c2)nc1. The Bertz CT molecular complexity index is 672. The molecule has 1 heterocycles. The quantitative estimate of drug-likeness (QED) is 0.903. The fraction of sp³-hybridized carbons (Fsp3) is 0. The molecule has 0 bridgehead atoms. The van der Waals surface area contributed by atoms with Crippen LogP contribution < -0.4 is 5.32 Å². The average molecular weight is 278 g/mol. The van der Waals surface area contributed by atoms with E-state index in [1.54, 1.807) is 0 Å². The van der Waals surface area contributed by atoms with Gasteiger partial charge in [-0.1, -0.05) is 0 Å². The van der Waals surface area contributed by atoms with Crippen LogP contribution in [0.2, 0.25) is 0 Å². The molecule has 7 heteroatoms. The van der Waals surface area contributed by atoms with Crippen LogP contribution in [0.4, 0.5) is 14.5 Å². The molecule has 20 heavy (non-hydrogen) atoms. The predicted octanol–water partition coefficient (Wildman–Crippen LogP) is 2.31. The molecular formula is C13H8F2N2O3. The van der Waals surface area contributed by atoms with E-state index in [1.807, 2.05) is 0 Å². The molecule has 0 saturated carbocycles. The molecule has 2 rings (SSSR count). The van der Waals surface area contributed by atoms with Crippen LogP contribution >= 0.6 is 0 Å². The fourth-order valence-electron chi connectivity index (χ4n) is 1.42. The molecule has 1 amide bonds. The van der Waals surface area contributed by atoms with E-state index in [-0.39, 0.29) is 16.9 Å². The summed E-state index contributed by atoms with van der Waals surface area (Å²) in [5.74, 6) is -3.93. The molecule has 0 saturated heterocycles. The number of pyridine rings is 1. The summed E-state index contributed by atoms with van der Waals surface area (Å²) < 4.78 is 25.7. The van der Waals surface area contributed by atoms with Crippen LogP contribution in [0.3, 0.4) is 0 Å². The predicted molar refractivity (Wildman–Crippen MR) is 65.5 cm³/mol. The zero-order valence-corrected chi connectivity index (χ0v) is 9.93. The van der Waals surface area contributed by atoms with Crippen molar-refractivity contribution < 1.29 is 23.5 Å². The summed E-state index contributed by atoms with van der Waals surface area (Å²) in [6, 6.07) is 5.35. The van der Waals surface area contributed by atoms with Gasteiger partial charge >= 0.3 is 5.97 Å². The summed E-state index contributed by atoms with van der Waals surface area (Å²) >= 11 is 0. The lowest BCUT2D eigenvalue weighted by molar-refractivity contribution is 0.0696. The van der Waals surface area contributed by atoms with Crippen molar-refractivity contribution in [3.8, 4) is 0 Å². The van der Waals surface area contributed by atoms with Crippen LogP contribution in [-0.4, -0.2) is 22.0 Å². The van der Waals surface area contributed by atoms with Gasteiger partial charge in [-0.25, -0.2) is 13.6 Å². The van der Waals surface area contributed by atoms with Gasteiger partial charge in [0.1, 0.15) is 5.69 Å². The number of carboxylic acids is 1. The number of carbonyl (C=O) groups excluding carboxylic acids is 1. The highest BCUT2D eigenvalue weighted by Gasteiger charge is 2.11. The van der Waals surface area contributed by atoms with Gasteiger partial charge in [0.25, 0.3) is 5.91 Å². The van der Waals surface area contributed by atoms with Crippen LogP contribution in [-0.2, 0) is 0 Å². The largest absolute Gasteiger partial charge is 0.478 e. The minimum atomic E-state index is -1.16. The van der Waals surface area contributed by atoms with Gasteiger partial charge in [-0.15, -0.1) is 0 Å². The first-order valence-electron chi connectivity index (χ1n) is 5.43. The molecule has 2 aromatic rings. The lowest BCUT2D eigenvalue weighted by Gasteiger charge is -2.05. The van der Waals surface area contributed by atoms with Crippen LogP contribution in [0.5, 0.6) is 0 Å². The molecule has 0 aliphatic rings. The van der Waals surface area contributed by atoms with Crippen molar-refractivity contribution in [2.24, 2.45) is 0 Å². The molecule has 0 radical (unpaired) electrons. The van der Waals surface area contributed by atoms with Crippen molar-refractivity contribution in [3.63, 3.8) is 0 Å². The van der Waals surface area contributed by atoms with E-state index in [4.69, 9.17) is 5.11 Å². The topological polar surface area (TPSA) is 79.3 Å². The van der Waals surface area contributed by atoms with Gasteiger partial charge in [-0.2, -0.15) is 0 Å². The van der Waals surface area contributed by atoms with Gasteiger partial charge in [0, 0.05) is 18.0 Å². The van der Waals surface area contributed by atoms with Gasteiger partial charge in [0.05, 0.1) is 5.56 Å². The van der Waals surface area contributed by atoms with Crippen molar-refractivity contribution in [1.82, 2.24) is 4.98 Å². The first kappa shape index (κ1) is 13.6. The van der Waals surface area contributed by atoms with Crippen LogP contribution in [0, 0.1) is 11.6 Å². The molecule has 0 atom stereocenters. The molecule has 0 aliphatic heterocycles. The molecule has 102 valence electrons.